The molecule has 2 amide bonds. The van der Waals surface area contributed by atoms with Gasteiger partial charge in [-0.05, 0) is 50.4 Å². The van der Waals surface area contributed by atoms with E-state index in [1.165, 1.54) is 0 Å². The van der Waals surface area contributed by atoms with Crippen LogP contribution in [-0.2, 0) is 6.42 Å². The summed E-state index contributed by atoms with van der Waals surface area (Å²) in [5, 5.41) is 20.2. The van der Waals surface area contributed by atoms with Gasteiger partial charge in [0.1, 0.15) is 11.4 Å². The van der Waals surface area contributed by atoms with E-state index in [4.69, 9.17) is 4.52 Å². The lowest BCUT2D eigenvalue weighted by atomic mass is 9.68. The molecule has 1 saturated carbocycles. The van der Waals surface area contributed by atoms with Gasteiger partial charge in [-0.3, -0.25) is 0 Å². The van der Waals surface area contributed by atoms with Gasteiger partial charge in [0.05, 0.1) is 5.60 Å². The summed E-state index contributed by atoms with van der Waals surface area (Å²) in [6.45, 7) is 10.7. The highest BCUT2D eigenvalue weighted by molar-refractivity contribution is 5.90. The molecule has 2 rings (SSSR count). The van der Waals surface area contributed by atoms with Crippen LogP contribution >= 0.6 is 0 Å². The average molecular weight is 337 g/mol. The van der Waals surface area contributed by atoms with Gasteiger partial charge in [0.25, 0.3) is 0 Å². The molecule has 1 fully saturated rings. The van der Waals surface area contributed by atoms with Crippen molar-refractivity contribution in [2.24, 2.45) is 11.3 Å². The summed E-state index contributed by atoms with van der Waals surface area (Å²) in [6, 6.07) is -0.331. The van der Waals surface area contributed by atoms with Crippen LogP contribution < -0.4 is 10.6 Å². The predicted molar refractivity (Wildman–Crippen MR) is 94.0 cm³/mol. The molecule has 0 spiro atoms. The fourth-order valence-electron chi connectivity index (χ4n) is 3.42. The van der Waals surface area contributed by atoms with E-state index < -0.39 is 5.60 Å². The van der Waals surface area contributed by atoms with Crippen LogP contribution in [0, 0.1) is 18.3 Å². The van der Waals surface area contributed by atoms with E-state index in [-0.39, 0.29) is 18.0 Å². The molecule has 1 aliphatic rings. The first-order valence-electron chi connectivity index (χ1n) is 8.87. The van der Waals surface area contributed by atoms with Crippen molar-refractivity contribution in [1.29, 1.82) is 0 Å². The van der Waals surface area contributed by atoms with Crippen LogP contribution in [0.1, 0.15) is 64.8 Å². The van der Waals surface area contributed by atoms with Gasteiger partial charge in [-0.25, -0.2) is 4.79 Å². The lowest BCUT2D eigenvalue weighted by Crippen LogP contribution is -2.47. The van der Waals surface area contributed by atoms with Crippen molar-refractivity contribution in [1.82, 2.24) is 10.5 Å². The van der Waals surface area contributed by atoms with Crippen LogP contribution in [0.15, 0.2) is 4.52 Å². The van der Waals surface area contributed by atoms with Gasteiger partial charge < -0.3 is 20.3 Å². The van der Waals surface area contributed by atoms with Crippen LogP contribution in [-0.4, -0.2) is 28.4 Å². The molecule has 136 valence electrons. The number of aromatic nitrogens is 1. The molecule has 1 aromatic rings. The number of carbonyl (C=O) groups excluding carboxylic acids is 1. The Hall–Kier alpha value is -1.56. The first-order chi connectivity index (χ1) is 11.1. The summed E-state index contributed by atoms with van der Waals surface area (Å²) >= 11 is 0. The summed E-state index contributed by atoms with van der Waals surface area (Å²) in [5.41, 5.74) is 0.815. The average Bonchev–Trinajstić information content (AvgIpc) is 2.85. The number of nitrogens with one attached hydrogen (secondary N) is 2. The molecular formula is C18H31N3O3. The Morgan fingerprint density at radius 1 is 1.38 bits per heavy atom. The molecule has 0 saturated heterocycles. The van der Waals surface area contributed by atoms with Crippen molar-refractivity contribution in [2.75, 3.05) is 11.9 Å². The molecule has 1 aromatic heterocycles. The van der Waals surface area contributed by atoms with E-state index in [9.17, 15) is 9.90 Å². The largest absolute Gasteiger partial charge is 0.388 e. The van der Waals surface area contributed by atoms with Gasteiger partial charge in [0.2, 0.25) is 0 Å². The van der Waals surface area contributed by atoms with Crippen LogP contribution in [0.3, 0.4) is 0 Å². The molecule has 1 heterocycles. The summed E-state index contributed by atoms with van der Waals surface area (Å²) in [4.78, 5) is 12.1. The van der Waals surface area contributed by atoms with Gasteiger partial charge in [0, 0.05) is 6.54 Å². The van der Waals surface area contributed by atoms with Crippen LogP contribution in [0.5, 0.6) is 0 Å². The Labute approximate surface area is 144 Å². The number of hydrogen-bond acceptors (Lipinski definition) is 4. The smallest absolute Gasteiger partial charge is 0.319 e. The third-order valence-corrected chi connectivity index (χ3v) is 5.23. The number of urea groups is 1. The topological polar surface area (TPSA) is 87.4 Å². The number of rotatable bonds is 4. The van der Waals surface area contributed by atoms with Gasteiger partial charge in [0.15, 0.2) is 5.76 Å². The highest BCUT2D eigenvalue weighted by atomic mass is 16.5. The second-order valence-corrected chi connectivity index (χ2v) is 8.09. The predicted octanol–water partition coefficient (Wildman–Crippen LogP) is 3.63. The lowest BCUT2D eigenvalue weighted by molar-refractivity contribution is -0.0216. The zero-order valence-corrected chi connectivity index (χ0v) is 15.5. The monoisotopic (exact) mass is 337 g/mol. The van der Waals surface area contributed by atoms with Crippen molar-refractivity contribution < 1.29 is 14.4 Å². The highest BCUT2D eigenvalue weighted by Gasteiger charge is 2.37. The quantitative estimate of drug-likeness (QED) is 0.783. The fourth-order valence-corrected chi connectivity index (χ4v) is 3.42. The highest BCUT2D eigenvalue weighted by Crippen LogP contribution is 2.41. The molecule has 0 atom stereocenters. The van der Waals surface area contributed by atoms with Crippen molar-refractivity contribution in [3.8, 4) is 0 Å². The van der Waals surface area contributed by atoms with Crippen molar-refractivity contribution in [2.45, 2.75) is 72.3 Å². The van der Waals surface area contributed by atoms with E-state index in [1.807, 2.05) is 6.92 Å². The zero-order valence-electron chi connectivity index (χ0n) is 15.5. The Morgan fingerprint density at radius 3 is 2.54 bits per heavy atom. The molecule has 1 aliphatic carbocycles. The maximum absolute atomic E-state index is 12.1. The normalized spacial score (nSPS) is 24.7. The lowest BCUT2D eigenvalue weighted by Gasteiger charge is -2.41. The summed E-state index contributed by atoms with van der Waals surface area (Å²) in [6.07, 6.45) is 4.12. The molecule has 6 nitrogen and oxygen atoms in total. The van der Waals surface area contributed by atoms with Gasteiger partial charge in [-0.1, -0.05) is 32.9 Å². The van der Waals surface area contributed by atoms with E-state index >= 15 is 0 Å². The van der Waals surface area contributed by atoms with Crippen molar-refractivity contribution in [3.05, 3.63) is 11.5 Å². The third kappa shape index (κ3) is 4.50. The summed E-state index contributed by atoms with van der Waals surface area (Å²) < 4.78 is 5.10. The molecule has 0 radical (unpaired) electrons. The summed E-state index contributed by atoms with van der Waals surface area (Å²) in [5.74, 6) is 1.21. The Bertz CT molecular complexity index is 567. The minimum atomic E-state index is -0.809. The first kappa shape index (κ1) is 18.8. The van der Waals surface area contributed by atoms with Gasteiger partial charge in [-0.2, -0.15) is 0 Å². The van der Waals surface area contributed by atoms with Gasteiger partial charge >= 0.3 is 6.03 Å². The maximum Gasteiger partial charge on any atom is 0.319 e. The molecular weight excluding hydrogens is 306 g/mol. The number of aliphatic hydroxyl groups is 1. The molecule has 3 N–H and O–H groups in total. The zero-order chi connectivity index (χ0) is 18.0. The van der Waals surface area contributed by atoms with Crippen molar-refractivity contribution in [3.63, 3.8) is 0 Å². The first-order valence-corrected chi connectivity index (χ1v) is 8.87. The van der Waals surface area contributed by atoms with Crippen LogP contribution in [0.2, 0.25) is 0 Å². The Kier molecular flexibility index (Phi) is 5.58. The number of amides is 2. The molecule has 6 heteroatoms. The molecule has 0 unspecified atom stereocenters. The number of aryl methyl sites for hydroxylation is 2. The fraction of sp³-hybridized carbons (Fsp3) is 0.778. The van der Waals surface area contributed by atoms with Crippen molar-refractivity contribution >= 4 is 11.7 Å². The number of anilines is 1. The Morgan fingerprint density at radius 2 is 2.00 bits per heavy atom. The Balaban J connectivity index is 1.85. The number of hydrogen-bond donors (Lipinski definition) is 3. The minimum absolute atomic E-state index is 0.265. The van der Waals surface area contributed by atoms with E-state index in [1.54, 1.807) is 6.92 Å². The van der Waals surface area contributed by atoms with E-state index in [0.717, 1.165) is 31.4 Å². The molecule has 0 bridgehead atoms. The van der Waals surface area contributed by atoms with E-state index in [0.29, 0.717) is 23.8 Å². The van der Waals surface area contributed by atoms with Crippen LogP contribution in [0.25, 0.3) is 0 Å². The second kappa shape index (κ2) is 7.13. The summed E-state index contributed by atoms with van der Waals surface area (Å²) in [7, 11) is 0. The maximum atomic E-state index is 12.1. The SMILES string of the molecule is CCc1noc(C)c1NC(=O)NCC1(O)CCC(C(C)(C)C)CC1. The number of carbonyl (C=O) groups is 1. The number of nitrogens with zero attached hydrogens (tertiary/aromatic N) is 1. The molecule has 24 heavy (non-hydrogen) atoms. The third-order valence-electron chi connectivity index (χ3n) is 5.23. The second-order valence-electron chi connectivity index (χ2n) is 8.09. The molecule has 0 aromatic carbocycles. The minimum Gasteiger partial charge on any atom is -0.388 e. The standard InChI is InChI=1S/C18H31N3O3/c1-6-14-15(12(2)24-21-14)20-16(22)19-11-18(23)9-7-13(8-10-18)17(3,4)5/h13,23H,6-11H2,1-5H3,(H2,19,20,22). The van der Waals surface area contributed by atoms with Gasteiger partial charge in [-0.15, -0.1) is 0 Å². The van der Waals surface area contributed by atoms with Crippen LogP contribution in [0.4, 0.5) is 10.5 Å². The van der Waals surface area contributed by atoms with E-state index in [2.05, 4.69) is 36.6 Å². The molecule has 0 aliphatic heterocycles.